The number of likely N-dealkylation sites (tertiary alicyclic amines) is 1. The van der Waals surface area contributed by atoms with Crippen molar-refractivity contribution in [3.63, 3.8) is 0 Å². The van der Waals surface area contributed by atoms with Crippen molar-refractivity contribution in [2.24, 2.45) is 11.7 Å². The van der Waals surface area contributed by atoms with Gasteiger partial charge in [0.05, 0.1) is 5.92 Å². The third kappa shape index (κ3) is 5.20. The van der Waals surface area contributed by atoms with Crippen molar-refractivity contribution in [1.29, 1.82) is 0 Å². The van der Waals surface area contributed by atoms with Crippen LogP contribution in [0, 0.1) is 5.92 Å². The van der Waals surface area contributed by atoms with E-state index in [1.807, 2.05) is 17.9 Å². The Bertz CT molecular complexity index is 647. The Hall–Kier alpha value is -2.57. The van der Waals surface area contributed by atoms with Crippen molar-refractivity contribution >= 4 is 23.5 Å². The van der Waals surface area contributed by atoms with Gasteiger partial charge in [0, 0.05) is 31.2 Å². The molecule has 4 amide bonds. The van der Waals surface area contributed by atoms with Gasteiger partial charge in [-0.1, -0.05) is 25.5 Å². The van der Waals surface area contributed by atoms with E-state index >= 15 is 0 Å². The summed E-state index contributed by atoms with van der Waals surface area (Å²) in [6, 6.07) is 6.64. The van der Waals surface area contributed by atoms with Crippen LogP contribution < -0.4 is 16.4 Å². The van der Waals surface area contributed by atoms with Gasteiger partial charge in [-0.05, 0) is 31.0 Å². The summed E-state index contributed by atoms with van der Waals surface area (Å²) in [4.78, 5) is 37.2. The SMILES string of the molecule is CCC[C@H](C)N1C[C@@H](C(=O)NCc2cccc(NC(N)=O)c2)CC1=O. The molecule has 7 nitrogen and oxygen atoms in total. The molecule has 1 fully saturated rings. The van der Waals surface area contributed by atoms with Crippen LogP contribution in [-0.4, -0.2) is 35.3 Å². The Labute approximate surface area is 147 Å². The molecule has 1 aromatic rings. The van der Waals surface area contributed by atoms with E-state index < -0.39 is 6.03 Å². The number of primary amides is 1. The number of carbonyl (C=O) groups excluding carboxylic acids is 3. The van der Waals surface area contributed by atoms with E-state index in [1.165, 1.54) is 0 Å². The fourth-order valence-electron chi connectivity index (χ4n) is 3.14. The minimum atomic E-state index is -0.632. The van der Waals surface area contributed by atoms with Crippen molar-refractivity contribution in [1.82, 2.24) is 10.2 Å². The van der Waals surface area contributed by atoms with Crippen LogP contribution in [-0.2, 0) is 16.1 Å². The molecule has 4 N–H and O–H groups in total. The molecule has 1 aliphatic heterocycles. The molecule has 136 valence electrons. The van der Waals surface area contributed by atoms with Crippen molar-refractivity contribution in [2.75, 3.05) is 11.9 Å². The molecule has 0 spiro atoms. The van der Waals surface area contributed by atoms with Crippen LogP contribution >= 0.6 is 0 Å². The minimum Gasteiger partial charge on any atom is -0.352 e. The first-order chi connectivity index (χ1) is 11.9. The summed E-state index contributed by atoms with van der Waals surface area (Å²) >= 11 is 0. The number of nitrogens with two attached hydrogens (primary N) is 1. The molecular formula is C18H26N4O3. The molecule has 0 aromatic heterocycles. The lowest BCUT2D eigenvalue weighted by Crippen LogP contribution is -2.36. The molecule has 1 aromatic carbocycles. The zero-order valence-corrected chi connectivity index (χ0v) is 14.7. The predicted molar refractivity (Wildman–Crippen MR) is 95.7 cm³/mol. The Balaban J connectivity index is 1.88. The minimum absolute atomic E-state index is 0.0498. The van der Waals surface area contributed by atoms with Gasteiger partial charge < -0.3 is 21.3 Å². The van der Waals surface area contributed by atoms with E-state index in [0.717, 1.165) is 18.4 Å². The van der Waals surface area contributed by atoms with Gasteiger partial charge in [0.25, 0.3) is 0 Å². The number of hydrogen-bond acceptors (Lipinski definition) is 3. The van der Waals surface area contributed by atoms with Gasteiger partial charge in [0.2, 0.25) is 11.8 Å². The van der Waals surface area contributed by atoms with Crippen LogP contribution in [0.25, 0.3) is 0 Å². The number of anilines is 1. The maximum Gasteiger partial charge on any atom is 0.316 e. The van der Waals surface area contributed by atoms with Gasteiger partial charge >= 0.3 is 6.03 Å². The van der Waals surface area contributed by atoms with Crippen molar-refractivity contribution in [2.45, 2.75) is 45.7 Å². The van der Waals surface area contributed by atoms with E-state index in [1.54, 1.807) is 18.2 Å². The smallest absolute Gasteiger partial charge is 0.316 e. The van der Waals surface area contributed by atoms with E-state index in [4.69, 9.17) is 5.73 Å². The van der Waals surface area contributed by atoms with Gasteiger partial charge in [0.15, 0.2) is 0 Å². The fourth-order valence-corrected chi connectivity index (χ4v) is 3.14. The van der Waals surface area contributed by atoms with E-state index in [-0.39, 0.29) is 30.2 Å². The summed E-state index contributed by atoms with van der Waals surface area (Å²) in [5.41, 5.74) is 6.52. The summed E-state index contributed by atoms with van der Waals surface area (Å²) in [5, 5.41) is 5.37. The number of nitrogens with one attached hydrogen (secondary N) is 2. The Morgan fingerprint density at radius 3 is 2.84 bits per heavy atom. The molecule has 0 unspecified atom stereocenters. The van der Waals surface area contributed by atoms with Crippen LogP contribution in [0.1, 0.15) is 38.7 Å². The quantitative estimate of drug-likeness (QED) is 0.701. The number of urea groups is 1. The molecule has 7 heteroatoms. The molecule has 0 bridgehead atoms. The normalized spacial score (nSPS) is 18.1. The maximum absolute atomic E-state index is 12.4. The molecule has 2 rings (SSSR count). The monoisotopic (exact) mass is 346 g/mol. The lowest BCUT2D eigenvalue weighted by molar-refractivity contribution is -0.130. The third-order valence-corrected chi connectivity index (χ3v) is 4.43. The molecule has 25 heavy (non-hydrogen) atoms. The molecule has 1 heterocycles. The Morgan fingerprint density at radius 2 is 2.16 bits per heavy atom. The molecule has 1 aliphatic rings. The molecule has 0 aliphatic carbocycles. The number of carbonyl (C=O) groups is 3. The van der Waals surface area contributed by atoms with E-state index in [0.29, 0.717) is 18.8 Å². The van der Waals surface area contributed by atoms with E-state index in [9.17, 15) is 14.4 Å². The second-order valence-corrected chi connectivity index (χ2v) is 6.49. The summed E-state index contributed by atoms with van der Waals surface area (Å²) in [6.45, 7) is 4.93. The van der Waals surface area contributed by atoms with Crippen LogP contribution in [0.3, 0.4) is 0 Å². The van der Waals surface area contributed by atoms with Crippen LogP contribution in [0.5, 0.6) is 0 Å². The van der Waals surface area contributed by atoms with Gasteiger partial charge in [-0.2, -0.15) is 0 Å². The second-order valence-electron chi connectivity index (χ2n) is 6.49. The van der Waals surface area contributed by atoms with Crippen LogP contribution in [0.2, 0.25) is 0 Å². The van der Waals surface area contributed by atoms with Gasteiger partial charge in [-0.3, -0.25) is 9.59 Å². The summed E-state index contributed by atoms with van der Waals surface area (Å²) < 4.78 is 0. The van der Waals surface area contributed by atoms with Gasteiger partial charge in [-0.15, -0.1) is 0 Å². The second kappa shape index (κ2) is 8.50. The third-order valence-electron chi connectivity index (χ3n) is 4.43. The van der Waals surface area contributed by atoms with Crippen LogP contribution in [0.4, 0.5) is 10.5 Å². The zero-order chi connectivity index (χ0) is 18.4. The zero-order valence-electron chi connectivity index (χ0n) is 14.7. The van der Waals surface area contributed by atoms with Gasteiger partial charge in [0.1, 0.15) is 0 Å². The lowest BCUT2D eigenvalue weighted by atomic mass is 10.1. The standard InChI is InChI=1S/C18H26N4O3/c1-3-5-12(2)22-11-14(9-16(22)23)17(24)20-10-13-6-4-7-15(8-13)21-18(19)25/h4,6-8,12,14H,3,5,9-11H2,1-2H3,(H,20,24)(H3,19,21,25)/t12-,14-/m0/s1. The van der Waals surface area contributed by atoms with Crippen molar-refractivity contribution in [3.8, 4) is 0 Å². The molecular weight excluding hydrogens is 320 g/mol. The van der Waals surface area contributed by atoms with Crippen molar-refractivity contribution in [3.05, 3.63) is 29.8 Å². The number of rotatable bonds is 7. The lowest BCUT2D eigenvalue weighted by Gasteiger charge is -2.24. The Kier molecular flexibility index (Phi) is 6.38. The van der Waals surface area contributed by atoms with Crippen molar-refractivity contribution < 1.29 is 14.4 Å². The highest BCUT2D eigenvalue weighted by atomic mass is 16.2. The number of nitrogens with zero attached hydrogens (tertiary/aromatic N) is 1. The first kappa shape index (κ1) is 18.8. The number of amides is 4. The topological polar surface area (TPSA) is 105 Å². The highest BCUT2D eigenvalue weighted by Gasteiger charge is 2.36. The van der Waals surface area contributed by atoms with Crippen LogP contribution in [0.15, 0.2) is 24.3 Å². The number of hydrogen-bond donors (Lipinski definition) is 3. The molecule has 1 saturated heterocycles. The first-order valence-corrected chi connectivity index (χ1v) is 8.63. The van der Waals surface area contributed by atoms with E-state index in [2.05, 4.69) is 17.6 Å². The average molecular weight is 346 g/mol. The Morgan fingerprint density at radius 1 is 1.40 bits per heavy atom. The highest BCUT2D eigenvalue weighted by molar-refractivity contribution is 5.89. The molecule has 0 radical (unpaired) electrons. The maximum atomic E-state index is 12.4. The molecule has 2 atom stereocenters. The first-order valence-electron chi connectivity index (χ1n) is 8.63. The largest absolute Gasteiger partial charge is 0.352 e. The summed E-state index contributed by atoms with van der Waals surface area (Å²) in [5.74, 6) is -0.375. The van der Waals surface area contributed by atoms with Gasteiger partial charge in [-0.25, -0.2) is 4.79 Å². The number of benzene rings is 1. The molecule has 0 saturated carbocycles. The fraction of sp³-hybridized carbons (Fsp3) is 0.500. The summed E-state index contributed by atoms with van der Waals surface area (Å²) in [6.07, 6.45) is 2.22. The predicted octanol–water partition coefficient (Wildman–Crippen LogP) is 1.83. The average Bonchev–Trinajstić information content (AvgIpc) is 2.94. The highest BCUT2D eigenvalue weighted by Crippen LogP contribution is 2.22. The summed E-state index contributed by atoms with van der Waals surface area (Å²) in [7, 11) is 0.